The molecular formula is C15H25FN2O2. The standard InChI is InChI=1S/C15H25FN2O2/c1-11(10-20-4)18(8-9-19-3)14-7-5-6-13(16)15(14)12(2)17/h5-7,11-12H,8-10,17H2,1-4H3/t11?,12-/m0/s1. The predicted molar refractivity (Wildman–Crippen MR) is 79.6 cm³/mol. The molecule has 1 aromatic carbocycles. The smallest absolute Gasteiger partial charge is 0.130 e. The first kappa shape index (κ1) is 16.9. The molecule has 2 atom stereocenters. The molecule has 0 aliphatic heterocycles. The zero-order valence-corrected chi connectivity index (χ0v) is 12.7. The summed E-state index contributed by atoms with van der Waals surface area (Å²) in [7, 11) is 3.31. The molecule has 1 aromatic rings. The van der Waals surface area contributed by atoms with Crippen LogP contribution in [0.1, 0.15) is 25.5 Å². The predicted octanol–water partition coefficient (Wildman–Crippen LogP) is 2.33. The van der Waals surface area contributed by atoms with Crippen molar-refractivity contribution < 1.29 is 13.9 Å². The van der Waals surface area contributed by atoms with Gasteiger partial charge in [0.05, 0.1) is 13.2 Å². The molecule has 0 aliphatic carbocycles. The second kappa shape index (κ2) is 8.19. The van der Waals surface area contributed by atoms with Gasteiger partial charge >= 0.3 is 0 Å². The Morgan fingerprint density at radius 3 is 2.50 bits per heavy atom. The van der Waals surface area contributed by atoms with Crippen molar-refractivity contribution in [1.29, 1.82) is 0 Å². The molecule has 0 heterocycles. The van der Waals surface area contributed by atoms with Gasteiger partial charge in [0.1, 0.15) is 5.82 Å². The molecule has 5 heteroatoms. The summed E-state index contributed by atoms with van der Waals surface area (Å²) in [5, 5.41) is 0. The van der Waals surface area contributed by atoms with E-state index in [1.807, 2.05) is 13.0 Å². The van der Waals surface area contributed by atoms with E-state index in [0.717, 1.165) is 5.69 Å². The lowest BCUT2D eigenvalue weighted by Crippen LogP contribution is -2.39. The molecular weight excluding hydrogens is 259 g/mol. The number of hydrogen-bond acceptors (Lipinski definition) is 4. The fourth-order valence-electron chi connectivity index (χ4n) is 2.33. The highest BCUT2D eigenvalue weighted by molar-refractivity contribution is 5.56. The van der Waals surface area contributed by atoms with Crippen molar-refractivity contribution in [1.82, 2.24) is 0 Å². The lowest BCUT2D eigenvalue weighted by atomic mass is 10.0. The van der Waals surface area contributed by atoms with Crippen LogP contribution in [-0.2, 0) is 9.47 Å². The molecule has 0 saturated heterocycles. The van der Waals surface area contributed by atoms with Crippen molar-refractivity contribution in [2.45, 2.75) is 25.9 Å². The lowest BCUT2D eigenvalue weighted by molar-refractivity contribution is 0.171. The Bertz CT molecular complexity index is 413. The van der Waals surface area contributed by atoms with Gasteiger partial charge in [0, 0.05) is 44.1 Å². The van der Waals surface area contributed by atoms with Gasteiger partial charge < -0.3 is 20.1 Å². The normalized spacial score (nSPS) is 14.1. The minimum absolute atomic E-state index is 0.106. The SMILES string of the molecule is COCCN(c1cccc(F)c1[C@H](C)N)C(C)COC. The third-order valence-corrected chi connectivity index (χ3v) is 3.27. The van der Waals surface area contributed by atoms with Gasteiger partial charge in [-0.2, -0.15) is 0 Å². The van der Waals surface area contributed by atoms with Gasteiger partial charge in [-0.1, -0.05) is 6.07 Å². The van der Waals surface area contributed by atoms with Gasteiger partial charge in [-0.3, -0.25) is 0 Å². The van der Waals surface area contributed by atoms with Crippen molar-refractivity contribution in [3.8, 4) is 0 Å². The van der Waals surface area contributed by atoms with Crippen molar-refractivity contribution in [2.75, 3.05) is 38.9 Å². The molecule has 0 aromatic heterocycles. The number of ether oxygens (including phenoxy) is 2. The first-order valence-electron chi connectivity index (χ1n) is 6.81. The number of anilines is 1. The van der Waals surface area contributed by atoms with Crippen LogP contribution in [0.15, 0.2) is 18.2 Å². The Morgan fingerprint density at radius 2 is 1.95 bits per heavy atom. The number of hydrogen-bond donors (Lipinski definition) is 1. The van der Waals surface area contributed by atoms with Crippen LogP contribution in [0, 0.1) is 5.82 Å². The first-order chi connectivity index (χ1) is 9.52. The Labute approximate surface area is 120 Å². The second-order valence-electron chi connectivity index (χ2n) is 4.95. The Balaban J connectivity index is 3.15. The van der Waals surface area contributed by atoms with Gasteiger partial charge in [-0.15, -0.1) is 0 Å². The van der Waals surface area contributed by atoms with Crippen molar-refractivity contribution in [3.05, 3.63) is 29.6 Å². The number of nitrogens with zero attached hydrogens (tertiary/aromatic N) is 1. The molecule has 0 aliphatic rings. The topological polar surface area (TPSA) is 47.7 Å². The fourth-order valence-corrected chi connectivity index (χ4v) is 2.33. The van der Waals surface area contributed by atoms with Crippen molar-refractivity contribution in [3.63, 3.8) is 0 Å². The summed E-state index contributed by atoms with van der Waals surface area (Å²) >= 11 is 0. The summed E-state index contributed by atoms with van der Waals surface area (Å²) in [6, 6.07) is 4.78. The minimum atomic E-state index is -0.369. The Hall–Kier alpha value is -1.17. The maximum Gasteiger partial charge on any atom is 0.130 e. The molecule has 20 heavy (non-hydrogen) atoms. The molecule has 0 spiro atoms. The number of methoxy groups -OCH3 is 2. The maximum atomic E-state index is 14.1. The highest BCUT2D eigenvalue weighted by Gasteiger charge is 2.21. The van der Waals surface area contributed by atoms with Crippen LogP contribution in [0.2, 0.25) is 0 Å². The number of rotatable bonds is 8. The van der Waals surface area contributed by atoms with Gasteiger partial charge in [0.15, 0.2) is 0 Å². The van der Waals surface area contributed by atoms with Crippen LogP contribution in [0.4, 0.5) is 10.1 Å². The fraction of sp³-hybridized carbons (Fsp3) is 0.600. The van der Waals surface area contributed by atoms with E-state index in [4.69, 9.17) is 15.2 Å². The number of nitrogens with two attached hydrogens (primary N) is 1. The maximum absolute atomic E-state index is 14.1. The zero-order chi connectivity index (χ0) is 15.1. The van der Waals surface area contributed by atoms with Crippen molar-refractivity contribution in [2.24, 2.45) is 5.73 Å². The number of benzene rings is 1. The van der Waals surface area contributed by atoms with Crippen LogP contribution >= 0.6 is 0 Å². The summed E-state index contributed by atoms with van der Waals surface area (Å²) in [6.45, 7) is 5.60. The highest BCUT2D eigenvalue weighted by Crippen LogP contribution is 2.29. The van der Waals surface area contributed by atoms with Crippen LogP contribution in [0.5, 0.6) is 0 Å². The average Bonchev–Trinajstić information content (AvgIpc) is 2.39. The Morgan fingerprint density at radius 1 is 1.25 bits per heavy atom. The minimum Gasteiger partial charge on any atom is -0.383 e. The lowest BCUT2D eigenvalue weighted by Gasteiger charge is -2.33. The van der Waals surface area contributed by atoms with Gasteiger partial charge in [-0.05, 0) is 26.0 Å². The second-order valence-corrected chi connectivity index (χ2v) is 4.95. The monoisotopic (exact) mass is 284 g/mol. The quantitative estimate of drug-likeness (QED) is 0.796. The highest BCUT2D eigenvalue weighted by atomic mass is 19.1. The van der Waals surface area contributed by atoms with E-state index < -0.39 is 0 Å². The molecule has 1 unspecified atom stereocenters. The van der Waals surface area contributed by atoms with Crippen LogP contribution in [0.25, 0.3) is 0 Å². The van der Waals surface area contributed by atoms with Crippen molar-refractivity contribution >= 4 is 5.69 Å². The van der Waals surface area contributed by atoms with E-state index in [1.54, 1.807) is 27.2 Å². The van der Waals surface area contributed by atoms with E-state index in [2.05, 4.69) is 4.90 Å². The van der Waals surface area contributed by atoms with Crippen LogP contribution in [-0.4, -0.2) is 40.0 Å². The molecule has 114 valence electrons. The first-order valence-corrected chi connectivity index (χ1v) is 6.81. The van der Waals surface area contributed by atoms with Gasteiger partial charge in [0.25, 0.3) is 0 Å². The van der Waals surface area contributed by atoms with E-state index in [9.17, 15) is 4.39 Å². The molecule has 1 rings (SSSR count). The third kappa shape index (κ3) is 4.16. The molecule has 4 nitrogen and oxygen atoms in total. The summed E-state index contributed by atoms with van der Waals surface area (Å²) in [6.07, 6.45) is 0. The van der Waals surface area contributed by atoms with E-state index in [1.165, 1.54) is 6.07 Å². The van der Waals surface area contributed by atoms with E-state index in [0.29, 0.717) is 25.3 Å². The van der Waals surface area contributed by atoms with Crippen LogP contribution in [0.3, 0.4) is 0 Å². The molecule has 0 bridgehead atoms. The van der Waals surface area contributed by atoms with Gasteiger partial charge in [0.2, 0.25) is 0 Å². The summed E-state index contributed by atoms with van der Waals surface area (Å²) < 4.78 is 24.4. The van der Waals surface area contributed by atoms with E-state index >= 15 is 0 Å². The summed E-state index contributed by atoms with van der Waals surface area (Å²) in [4.78, 5) is 2.08. The van der Waals surface area contributed by atoms with E-state index in [-0.39, 0.29) is 17.9 Å². The molecule has 0 radical (unpaired) electrons. The molecule has 2 N–H and O–H groups in total. The largest absolute Gasteiger partial charge is 0.383 e. The Kier molecular flexibility index (Phi) is 6.91. The molecule has 0 fully saturated rings. The third-order valence-electron chi connectivity index (χ3n) is 3.27. The average molecular weight is 284 g/mol. The molecule has 0 saturated carbocycles. The summed E-state index contributed by atoms with van der Waals surface area (Å²) in [5.74, 6) is -0.274. The van der Waals surface area contributed by atoms with Gasteiger partial charge in [-0.25, -0.2) is 4.39 Å². The number of halogens is 1. The zero-order valence-electron chi connectivity index (χ0n) is 12.7. The summed E-state index contributed by atoms with van der Waals surface area (Å²) in [5.41, 5.74) is 7.27. The molecule has 0 amide bonds. The van der Waals surface area contributed by atoms with Crippen LogP contribution < -0.4 is 10.6 Å².